The molecule has 1 heterocycles. The summed E-state index contributed by atoms with van der Waals surface area (Å²) >= 11 is 7.39. The number of hydrogen-bond acceptors (Lipinski definition) is 3. The second-order valence-electron chi connectivity index (χ2n) is 4.36. The number of nitrogens with one attached hydrogen (secondary N) is 1. The Morgan fingerprint density at radius 1 is 1.10 bits per heavy atom. The molecule has 0 spiro atoms. The maximum atomic E-state index is 12.9. The summed E-state index contributed by atoms with van der Waals surface area (Å²) < 4.78 is 12.9. The predicted molar refractivity (Wildman–Crippen MR) is 87.1 cm³/mol. The number of nitrogens with zero attached hydrogens (tertiary/aromatic N) is 2. The van der Waals surface area contributed by atoms with Gasteiger partial charge in [0.25, 0.3) is 0 Å². The lowest BCUT2D eigenvalue weighted by Gasteiger charge is -2.14. The lowest BCUT2D eigenvalue weighted by Crippen LogP contribution is -2.25. The Hall–Kier alpha value is -1.85. The molecule has 1 aliphatic heterocycles. The van der Waals surface area contributed by atoms with Crippen molar-refractivity contribution in [1.29, 1.82) is 0 Å². The van der Waals surface area contributed by atoms with Crippen LogP contribution in [0.3, 0.4) is 0 Å². The molecular formula is C15H11ClFN3S. The van der Waals surface area contributed by atoms with Crippen LogP contribution in [0.4, 0.5) is 10.1 Å². The zero-order chi connectivity index (χ0) is 14.7. The van der Waals surface area contributed by atoms with Crippen LogP contribution in [0.15, 0.2) is 58.6 Å². The van der Waals surface area contributed by atoms with Gasteiger partial charge in [-0.05, 0) is 42.0 Å². The average molecular weight is 320 g/mol. The van der Waals surface area contributed by atoms with Crippen molar-refractivity contribution in [3.05, 3.63) is 64.9 Å². The van der Waals surface area contributed by atoms with Gasteiger partial charge in [0.05, 0.1) is 11.4 Å². The van der Waals surface area contributed by atoms with E-state index in [-0.39, 0.29) is 5.82 Å². The quantitative estimate of drug-likeness (QED) is 0.900. The molecule has 2 aromatic rings. The summed E-state index contributed by atoms with van der Waals surface area (Å²) in [6.07, 6.45) is 0. The fourth-order valence-electron chi connectivity index (χ4n) is 1.80. The van der Waals surface area contributed by atoms with E-state index in [1.807, 2.05) is 12.1 Å². The third-order valence-corrected chi connectivity index (χ3v) is 3.99. The lowest BCUT2D eigenvalue weighted by atomic mass is 10.1. The number of thioether (sulfide) groups is 1. The summed E-state index contributed by atoms with van der Waals surface area (Å²) in [6, 6.07) is 13.6. The monoisotopic (exact) mass is 319 g/mol. The number of benzene rings is 2. The van der Waals surface area contributed by atoms with E-state index in [0.29, 0.717) is 10.8 Å². The first kappa shape index (κ1) is 14.1. The minimum absolute atomic E-state index is 0.249. The van der Waals surface area contributed by atoms with Crippen molar-refractivity contribution >= 4 is 39.9 Å². The van der Waals surface area contributed by atoms with Gasteiger partial charge in [-0.15, -0.1) is 0 Å². The van der Waals surface area contributed by atoms with Gasteiger partial charge in [0.15, 0.2) is 5.17 Å². The second-order valence-corrected chi connectivity index (χ2v) is 5.76. The third kappa shape index (κ3) is 3.62. The third-order valence-electron chi connectivity index (χ3n) is 2.87. The number of aliphatic imine (C=N–C) groups is 1. The smallest absolute Gasteiger partial charge is 0.182 e. The van der Waals surface area contributed by atoms with Gasteiger partial charge < -0.3 is 0 Å². The molecule has 0 unspecified atom stereocenters. The van der Waals surface area contributed by atoms with Crippen molar-refractivity contribution in [1.82, 2.24) is 5.43 Å². The standard InChI is InChI=1S/C15H11ClFN3S/c16-11-3-7-13(8-4-11)18-15-20-19-14(9-21-15)10-1-5-12(17)6-2-10/h1-8H,9H2,(H,18,20). The Bertz CT molecular complexity index is 696. The minimum Gasteiger partial charge on any atom is -0.255 e. The van der Waals surface area contributed by atoms with E-state index in [2.05, 4.69) is 15.5 Å². The van der Waals surface area contributed by atoms with E-state index in [9.17, 15) is 4.39 Å². The van der Waals surface area contributed by atoms with E-state index in [1.54, 1.807) is 36.0 Å². The molecule has 6 heteroatoms. The molecular weight excluding hydrogens is 309 g/mol. The first-order valence-corrected chi connectivity index (χ1v) is 7.63. The Kier molecular flexibility index (Phi) is 4.22. The fraction of sp³-hybridized carbons (Fsp3) is 0.0667. The molecule has 0 atom stereocenters. The van der Waals surface area contributed by atoms with Gasteiger partial charge in [0, 0.05) is 10.8 Å². The van der Waals surface area contributed by atoms with Crippen LogP contribution in [0.2, 0.25) is 5.02 Å². The summed E-state index contributed by atoms with van der Waals surface area (Å²) in [4.78, 5) is 4.44. The van der Waals surface area contributed by atoms with E-state index in [0.717, 1.165) is 22.1 Å². The van der Waals surface area contributed by atoms with Crippen LogP contribution in [0.1, 0.15) is 5.56 Å². The summed E-state index contributed by atoms with van der Waals surface area (Å²) in [5, 5.41) is 5.70. The molecule has 21 heavy (non-hydrogen) atoms. The lowest BCUT2D eigenvalue weighted by molar-refractivity contribution is 0.628. The summed E-state index contributed by atoms with van der Waals surface area (Å²) in [6.45, 7) is 0. The molecule has 3 nitrogen and oxygen atoms in total. The van der Waals surface area contributed by atoms with Crippen LogP contribution < -0.4 is 5.43 Å². The van der Waals surface area contributed by atoms with Gasteiger partial charge in [0.2, 0.25) is 0 Å². The van der Waals surface area contributed by atoms with Crippen LogP contribution >= 0.6 is 23.4 Å². The molecule has 0 aliphatic carbocycles. The molecule has 0 saturated carbocycles. The van der Waals surface area contributed by atoms with Gasteiger partial charge in [-0.2, -0.15) is 5.10 Å². The molecule has 106 valence electrons. The number of amidine groups is 1. The number of hydrogen-bond donors (Lipinski definition) is 1. The van der Waals surface area contributed by atoms with Gasteiger partial charge in [-0.25, -0.2) is 9.38 Å². The van der Waals surface area contributed by atoms with Crippen LogP contribution in [0.5, 0.6) is 0 Å². The molecule has 0 aromatic heterocycles. The van der Waals surface area contributed by atoms with Crippen molar-refractivity contribution in [2.75, 3.05) is 5.75 Å². The molecule has 0 fully saturated rings. The second kappa shape index (κ2) is 6.28. The van der Waals surface area contributed by atoms with Crippen LogP contribution in [-0.4, -0.2) is 16.6 Å². The van der Waals surface area contributed by atoms with Crippen molar-refractivity contribution in [3.8, 4) is 0 Å². The Morgan fingerprint density at radius 3 is 2.43 bits per heavy atom. The average Bonchev–Trinajstić information content (AvgIpc) is 2.51. The highest BCUT2D eigenvalue weighted by molar-refractivity contribution is 8.14. The first-order chi connectivity index (χ1) is 10.2. The Balaban J connectivity index is 1.74. The molecule has 2 aromatic carbocycles. The fourth-order valence-corrected chi connectivity index (χ4v) is 2.71. The summed E-state index contributed by atoms with van der Waals surface area (Å²) in [7, 11) is 0. The maximum absolute atomic E-state index is 12.9. The van der Waals surface area contributed by atoms with E-state index in [4.69, 9.17) is 11.6 Å². The molecule has 1 aliphatic rings. The Labute approximate surface area is 130 Å². The van der Waals surface area contributed by atoms with E-state index in [1.165, 1.54) is 12.1 Å². The highest BCUT2D eigenvalue weighted by atomic mass is 35.5. The maximum Gasteiger partial charge on any atom is 0.182 e. The molecule has 0 radical (unpaired) electrons. The van der Waals surface area contributed by atoms with Gasteiger partial charge >= 0.3 is 0 Å². The predicted octanol–water partition coefficient (Wildman–Crippen LogP) is 4.21. The topological polar surface area (TPSA) is 36.8 Å². The first-order valence-electron chi connectivity index (χ1n) is 6.26. The molecule has 1 N–H and O–H groups in total. The highest BCUT2D eigenvalue weighted by Gasteiger charge is 2.13. The summed E-state index contributed by atoms with van der Waals surface area (Å²) in [5.41, 5.74) is 5.51. The van der Waals surface area contributed by atoms with Gasteiger partial charge in [-0.3, -0.25) is 5.43 Å². The van der Waals surface area contributed by atoms with Crippen molar-refractivity contribution in [2.24, 2.45) is 10.1 Å². The van der Waals surface area contributed by atoms with Crippen molar-refractivity contribution in [3.63, 3.8) is 0 Å². The molecule has 0 bridgehead atoms. The Morgan fingerprint density at radius 2 is 1.81 bits per heavy atom. The molecule has 3 rings (SSSR count). The highest BCUT2D eigenvalue weighted by Crippen LogP contribution is 2.20. The zero-order valence-corrected chi connectivity index (χ0v) is 12.5. The number of rotatable bonds is 2. The SMILES string of the molecule is Fc1ccc(C2=NNC(=Nc3ccc(Cl)cc3)SC2)cc1. The van der Waals surface area contributed by atoms with Crippen molar-refractivity contribution in [2.45, 2.75) is 0 Å². The van der Waals surface area contributed by atoms with Gasteiger partial charge in [-0.1, -0.05) is 35.5 Å². The van der Waals surface area contributed by atoms with Crippen LogP contribution in [-0.2, 0) is 0 Å². The normalized spacial score (nSPS) is 16.5. The van der Waals surface area contributed by atoms with Crippen molar-refractivity contribution < 1.29 is 4.39 Å². The van der Waals surface area contributed by atoms with Gasteiger partial charge in [0.1, 0.15) is 5.82 Å². The largest absolute Gasteiger partial charge is 0.255 e. The van der Waals surface area contributed by atoms with Crippen LogP contribution in [0, 0.1) is 5.82 Å². The number of halogens is 2. The summed E-state index contributed by atoms with van der Waals surface area (Å²) in [5.74, 6) is 0.436. The van der Waals surface area contributed by atoms with E-state index < -0.39 is 0 Å². The van der Waals surface area contributed by atoms with Crippen LogP contribution in [0.25, 0.3) is 0 Å². The van der Waals surface area contributed by atoms with E-state index >= 15 is 0 Å². The zero-order valence-electron chi connectivity index (χ0n) is 10.9. The number of hydrazone groups is 1. The minimum atomic E-state index is -0.249. The molecule has 0 saturated heterocycles. The molecule has 0 amide bonds.